The summed E-state index contributed by atoms with van der Waals surface area (Å²) in [6, 6.07) is 10.8. The van der Waals surface area contributed by atoms with Crippen molar-refractivity contribution in [1.82, 2.24) is 14.6 Å². The predicted octanol–water partition coefficient (Wildman–Crippen LogP) is 4.03. The molecule has 0 saturated carbocycles. The first-order valence-corrected chi connectivity index (χ1v) is 7.72. The molecule has 3 nitrogen and oxygen atoms in total. The number of aromatic nitrogens is 3. The van der Waals surface area contributed by atoms with Gasteiger partial charge in [0, 0.05) is 23.7 Å². The molecule has 0 bridgehead atoms. The monoisotopic (exact) mass is 289 g/mol. The summed E-state index contributed by atoms with van der Waals surface area (Å²) in [5, 5.41) is 4.65. The molecule has 0 amide bonds. The van der Waals surface area contributed by atoms with Gasteiger partial charge in [-0.3, -0.25) is 0 Å². The second-order valence-electron chi connectivity index (χ2n) is 6.18. The Bertz CT molecular complexity index is 899. The van der Waals surface area contributed by atoms with Crippen molar-refractivity contribution in [1.29, 1.82) is 0 Å². The highest BCUT2D eigenvalue weighted by Gasteiger charge is 2.22. The lowest BCUT2D eigenvalue weighted by atomic mass is 10.00. The first-order chi connectivity index (χ1) is 10.6. The van der Waals surface area contributed by atoms with Crippen LogP contribution < -0.4 is 0 Å². The maximum Gasteiger partial charge on any atom is 0.156 e. The van der Waals surface area contributed by atoms with Crippen molar-refractivity contribution in [3.63, 3.8) is 0 Å². The molecule has 110 valence electrons. The van der Waals surface area contributed by atoms with Crippen LogP contribution in [-0.4, -0.2) is 14.6 Å². The number of rotatable bonds is 3. The highest BCUT2D eigenvalue weighted by molar-refractivity contribution is 5.79. The van der Waals surface area contributed by atoms with Crippen LogP contribution >= 0.6 is 0 Å². The normalized spacial score (nSPS) is 13.5. The van der Waals surface area contributed by atoms with Gasteiger partial charge < -0.3 is 0 Å². The summed E-state index contributed by atoms with van der Waals surface area (Å²) in [4.78, 5) is 4.75. The zero-order valence-corrected chi connectivity index (χ0v) is 13.2. The van der Waals surface area contributed by atoms with Gasteiger partial charge in [0.25, 0.3) is 0 Å². The molecule has 1 aliphatic carbocycles. The third-order valence-electron chi connectivity index (χ3n) is 4.24. The molecule has 1 aromatic carbocycles. The Morgan fingerprint density at radius 3 is 2.50 bits per heavy atom. The SMILES string of the molecule is Cc1ccc(Cc2c(C)nc3cc(C)nn3c2C2=CC2)cc1. The van der Waals surface area contributed by atoms with Gasteiger partial charge in [-0.05, 0) is 38.3 Å². The molecule has 3 aromatic rings. The largest absolute Gasteiger partial charge is 0.234 e. The van der Waals surface area contributed by atoms with Crippen molar-refractivity contribution in [2.75, 3.05) is 0 Å². The van der Waals surface area contributed by atoms with Gasteiger partial charge in [0.15, 0.2) is 5.65 Å². The van der Waals surface area contributed by atoms with E-state index >= 15 is 0 Å². The first kappa shape index (κ1) is 13.3. The highest BCUT2D eigenvalue weighted by atomic mass is 15.3. The lowest BCUT2D eigenvalue weighted by Gasteiger charge is -2.13. The van der Waals surface area contributed by atoms with Crippen molar-refractivity contribution in [2.45, 2.75) is 33.6 Å². The predicted molar refractivity (Wildman–Crippen MR) is 89.0 cm³/mol. The van der Waals surface area contributed by atoms with Crippen LogP contribution in [0.25, 0.3) is 11.2 Å². The van der Waals surface area contributed by atoms with Crippen molar-refractivity contribution in [2.24, 2.45) is 0 Å². The molecule has 2 aromatic heterocycles. The second-order valence-corrected chi connectivity index (χ2v) is 6.18. The van der Waals surface area contributed by atoms with E-state index in [1.807, 2.05) is 11.4 Å². The fourth-order valence-corrected chi connectivity index (χ4v) is 2.96. The number of nitrogens with zero attached hydrogens (tertiary/aromatic N) is 3. The van der Waals surface area contributed by atoms with Gasteiger partial charge in [0.1, 0.15) is 0 Å². The zero-order valence-electron chi connectivity index (χ0n) is 13.2. The molecule has 4 rings (SSSR count). The van der Waals surface area contributed by atoms with Gasteiger partial charge in [-0.2, -0.15) is 5.10 Å². The smallest absolute Gasteiger partial charge is 0.156 e. The summed E-state index contributed by atoms with van der Waals surface area (Å²) in [5.41, 5.74) is 9.62. The van der Waals surface area contributed by atoms with Crippen LogP contribution in [0.15, 0.2) is 36.4 Å². The average Bonchev–Trinajstić information content (AvgIpc) is 3.24. The van der Waals surface area contributed by atoms with Crippen LogP contribution in [0.4, 0.5) is 0 Å². The van der Waals surface area contributed by atoms with E-state index in [0.29, 0.717) is 0 Å². The lowest BCUT2D eigenvalue weighted by molar-refractivity contribution is 0.870. The maximum atomic E-state index is 4.75. The number of allylic oxidation sites excluding steroid dienone is 2. The fourth-order valence-electron chi connectivity index (χ4n) is 2.96. The van der Waals surface area contributed by atoms with Gasteiger partial charge in [-0.25, -0.2) is 9.50 Å². The van der Waals surface area contributed by atoms with E-state index in [-0.39, 0.29) is 0 Å². The van der Waals surface area contributed by atoms with Crippen LogP contribution in [-0.2, 0) is 6.42 Å². The summed E-state index contributed by atoms with van der Waals surface area (Å²) in [5.74, 6) is 0. The molecule has 0 fully saturated rings. The molecular formula is C19H19N3. The van der Waals surface area contributed by atoms with Crippen LogP contribution in [0.1, 0.15) is 40.2 Å². The van der Waals surface area contributed by atoms with Crippen LogP contribution in [0.2, 0.25) is 0 Å². The lowest BCUT2D eigenvalue weighted by Crippen LogP contribution is -2.07. The molecular weight excluding hydrogens is 270 g/mol. The van der Waals surface area contributed by atoms with Gasteiger partial charge in [0.05, 0.1) is 11.4 Å². The minimum absolute atomic E-state index is 0.903. The van der Waals surface area contributed by atoms with Crippen molar-refractivity contribution >= 4 is 11.2 Å². The number of fused-ring (bicyclic) bond motifs is 1. The van der Waals surface area contributed by atoms with Gasteiger partial charge in [-0.1, -0.05) is 35.9 Å². The molecule has 22 heavy (non-hydrogen) atoms. The second kappa shape index (κ2) is 4.80. The summed E-state index contributed by atoms with van der Waals surface area (Å²) >= 11 is 0. The van der Waals surface area contributed by atoms with Crippen molar-refractivity contribution in [3.05, 3.63) is 70.2 Å². The van der Waals surface area contributed by atoms with E-state index in [9.17, 15) is 0 Å². The number of aryl methyl sites for hydroxylation is 3. The third-order valence-corrected chi connectivity index (χ3v) is 4.24. The molecule has 1 aliphatic rings. The Balaban J connectivity index is 1.88. The number of hydrogen-bond donors (Lipinski definition) is 0. The Hall–Kier alpha value is -2.42. The molecule has 0 N–H and O–H groups in total. The summed E-state index contributed by atoms with van der Waals surface area (Å²) in [7, 11) is 0. The molecule has 3 heteroatoms. The zero-order chi connectivity index (χ0) is 15.3. The van der Waals surface area contributed by atoms with E-state index in [2.05, 4.69) is 55.4 Å². The fraction of sp³-hybridized carbons (Fsp3) is 0.263. The van der Waals surface area contributed by atoms with E-state index in [1.54, 1.807) is 0 Å². The van der Waals surface area contributed by atoms with Crippen LogP contribution in [0.5, 0.6) is 0 Å². The Morgan fingerprint density at radius 1 is 1.09 bits per heavy atom. The highest BCUT2D eigenvalue weighted by Crippen LogP contribution is 2.35. The van der Waals surface area contributed by atoms with Crippen molar-refractivity contribution < 1.29 is 0 Å². The van der Waals surface area contributed by atoms with E-state index in [1.165, 1.54) is 28.0 Å². The minimum atomic E-state index is 0.903. The van der Waals surface area contributed by atoms with Crippen LogP contribution in [0.3, 0.4) is 0 Å². The quantitative estimate of drug-likeness (QED) is 0.728. The summed E-state index contributed by atoms with van der Waals surface area (Å²) in [6.07, 6.45) is 4.24. The Labute approximate surface area is 130 Å². The maximum absolute atomic E-state index is 4.75. The van der Waals surface area contributed by atoms with Crippen LogP contribution in [0, 0.1) is 20.8 Å². The van der Waals surface area contributed by atoms with Crippen molar-refractivity contribution in [3.8, 4) is 0 Å². The number of hydrogen-bond acceptors (Lipinski definition) is 2. The molecule has 0 radical (unpaired) electrons. The topological polar surface area (TPSA) is 30.2 Å². The minimum Gasteiger partial charge on any atom is -0.234 e. The van der Waals surface area contributed by atoms with E-state index in [4.69, 9.17) is 4.98 Å². The van der Waals surface area contributed by atoms with Gasteiger partial charge in [-0.15, -0.1) is 0 Å². The standard InChI is InChI=1S/C19H19N3/c1-12-4-6-15(7-5-12)11-17-14(3)20-18-10-13(2)21-22(18)19(17)16-8-9-16/h4-8,10H,9,11H2,1-3H3. The first-order valence-electron chi connectivity index (χ1n) is 7.72. The third kappa shape index (κ3) is 2.23. The molecule has 0 saturated heterocycles. The molecule has 2 heterocycles. The summed E-state index contributed by atoms with van der Waals surface area (Å²) in [6.45, 7) is 6.25. The van der Waals surface area contributed by atoms with Gasteiger partial charge >= 0.3 is 0 Å². The molecule has 0 aliphatic heterocycles. The molecule has 0 atom stereocenters. The number of benzene rings is 1. The van der Waals surface area contributed by atoms with E-state index < -0.39 is 0 Å². The Kier molecular flexibility index (Phi) is 2.89. The average molecular weight is 289 g/mol. The molecule has 0 unspecified atom stereocenters. The summed E-state index contributed by atoms with van der Waals surface area (Å²) < 4.78 is 2.02. The van der Waals surface area contributed by atoms with E-state index in [0.717, 1.165) is 29.9 Å². The Morgan fingerprint density at radius 2 is 1.82 bits per heavy atom. The van der Waals surface area contributed by atoms with Gasteiger partial charge in [0.2, 0.25) is 0 Å². The molecule has 0 spiro atoms.